The zero-order chi connectivity index (χ0) is 12.1. The highest BCUT2D eigenvalue weighted by atomic mass is 16.7. The van der Waals surface area contributed by atoms with E-state index in [1.165, 1.54) is 19.3 Å². The van der Waals surface area contributed by atoms with Gasteiger partial charge in [-0.2, -0.15) is 5.90 Å². The summed E-state index contributed by atoms with van der Waals surface area (Å²) in [6.45, 7) is 0. The zero-order valence-corrected chi connectivity index (χ0v) is 9.95. The molecule has 0 saturated carbocycles. The van der Waals surface area contributed by atoms with Crippen molar-refractivity contribution in [2.45, 2.75) is 64.2 Å². The fourth-order valence-electron chi connectivity index (χ4n) is 1.62. The summed E-state index contributed by atoms with van der Waals surface area (Å²) in [5, 5.41) is 0. The third-order valence-electron chi connectivity index (χ3n) is 2.58. The van der Waals surface area contributed by atoms with Crippen LogP contribution in [0.5, 0.6) is 0 Å². The highest BCUT2D eigenvalue weighted by Gasteiger charge is 1.99. The van der Waals surface area contributed by atoms with E-state index in [0.29, 0.717) is 12.8 Å². The minimum Gasteiger partial charge on any atom is -0.373 e. The lowest BCUT2D eigenvalue weighted by molar-refractivity contribution is -0.144. The van der Waals surface area contributed by atoms with Gasteiger partial charge in [0.25, 0.3) is 0 Å². The minimum atomic E-state index is -0.325. The van der Waals surface area contributed by atoms with E-state index >= 15 is 0 Å². The number of unbranched alkanes of at least 4 members (excludes halogenated alkanes) is 8. The predicted molar refractivity (Wildman–Crippen MR) is 62.5 cm³/mol. The van der Waals surface area contributed by atoms with Crippen molar-refractivity contribution < 1.29 is 14.4 Å². The molecular formula is C12H23NO3. The SMILES string of the molecule is NOC(=O)CCCCCCCCCCC=O. The molecule has 0 aromatic carbocycles. The van der Waals surface area contributed by atoms with Crippen molar-refractivity contribution in [2.75, 3.05) is 0 Å². The molecule has 4 nitrogen and oxygen atoms in total. The van der Waals surface area contributed by atoms with Gasteiger partial charge in [0, 0.05) is 12.8 Å². The molecule has 0 aliphatic heterocycles. The van der Waals surface area contributed by atoms with Crippen LogP contribution in [0.1, 0.15) is 64.2 Å². The van der Waals surface area contributed by atoms with Gasteiger partial charge in [-0.05, 0) is 12.8 Å². The lowest BCUT2D eigenvalue weighted by atomic mass is 10.1. The number of carbonyl (C=O) groups excluding carboxylic acids is 2. The van der Waals surface area contributed by atoms with Crippen molar-refractivity contribution in [3.63, 3.8) is 0 Å². The Kier molecular flexibility index (Phi) is 11.5. The Bertz CT molecular complexity index is 183. The van der Waals surface area contributed by atoms with Crippen molar-refractivity contribution in [1.82, 2.24) is 0 Å². The van der Waals surface area contributed by atoms with E-state index in [-0.39, 0.29) is 5.97 Å². The van der Waals surface area contributed by atoms with Crippen molar-refractivity contribution >= 4 is 12.3 Å². The largest absolute Gasteiger partial charge is 0.373 e. The van der Waals surface area contributed by atoms with Crippen LogP contribution in [0.25, 0.3) is 0 Å². The molecule has 0 bridgehead atoms. The molecule has 0 unspecified atom stereocenters. The van der Waals surface area contributed by atoms with E-state index in [4.69, 9.17) is 5.90 Å². The molecule has 0 aromatic rings. The Hall–Kier alpha value is -0.900. The monoisotopic (exact) mass is 229 g/mol. The van der Waals surface area contributed by atoms with Crippen molar-refractivity contribution in [3.05, 3.63) is 0 Å². The van der Waals surface area contributed by atoms with Crippen LogP contribution in [0, 0.1) is 0 Å². The van der Waals surface area contributed by atoms with Crippen molar-refractivity contribution in [1.29, 1.82) is 0 Å². The van der Waals surface area contributed by atoms with E-state index in [2.05, 4.69) is 4.84 Å². The van der Waals surface area contributed by atoms with Gasteiger partial charge in [0.1, 0.15) is 6.29 Å². The number of hydrogen-bond donors (Lipinski definition) is 1. The Morgan fingerprint density at radius 3 is 1.94 bits per heavy atom. The van der Waals surface area contributed by atoms with Gasteiger partial charge >= 0.3 is 5.97 Å². The Labute approximate surface area is 97.5 Å². The fourth-order valence-corrected chi connectivity index (χ4v) is 1.62. The molecule has 4 heteroatoms. The Morgan fingerprint density at radius 2 is 1.44 bits per heavy atom. The van der Waals surface area contributed by atoms with Crippen LogP contribution < -0.4 is 5.90 Å². The summed E-state index contributed by atoms with van der Waals surface area (Å²) in [6.07, 6.45) is 11.0. The number of carbonyl (C=O) groups is 2. The van der Waals surface area contributed by atoms with E-state index in [1.807, 2.05) is 0 Å². The summed E-state index contributed by atoms with van der Waals surface area (Å²) in [5.74, 6) is 4.39. The van der Waals surface area contributed by atoms with Gasteiger partial charge in [-0.15, -0.1) is 0 Å². The smallest absolute Gasteiger partial charge is 0.324 e. The highest BCUT2D eigenvalue weighted by molar-refractivity contribution is 5.68. The molecule has 0 aliphatic rings. The third-order valence-corrected chi connectivity index (χ3v) is 2.58. The number of hydrogen-bond acceptors (Lipinski definition) is 4. The zero-order valence-electron chi connectivity index (χ0n) is 9.95. The van der Waals surface area contributed by atoms with Gasteiger partial charge in [0.05, 0.1) is 0 Å². The fraction of sp³-hybridized carbons (Fsp3) is 0.833. The third kappa shape index (κ3) is 11.2. The van der Waals surface area contributed by atoms with E-state index in [0.717, 1.165) is 38.4 Å². The maximum Gasteiger partial charge on any atom is 0.324 e. The highest BCUT2D eigenvalue weighted by Crippen LogP contribution is 2.10. The molecule has 0 aliphatic carbocycles. The lowest BCUT2D eigenvalue weighted by Crippen LogP contribution is -2.08. The van der Waals surface area contributed by atoms with Gasteiger partial charge in [0.2, 0.25) is 0 Å². The topological polar surface area (TPSA) is 69.4 Å². The Balaban J connectivity index is 2.98. The van der Waals surface area contributed by atoms with Crippen LogP contribution in [0.3, 0.4) is 0 Å². The maximum absolute atomic E-state index is 10.7. The minimum absolute atomic E-state index is 0.325. The first-order valence-electron chi connectivity index (χ1n) is 6.14. The molecule has 94 valence electrons. The second-order valence-electron chi connectivity index (χ2n) is 4.02. The summed E-state index contributed by atoms with van der Waals surface area (Å²) < 4.78 is 0. The molecule has 0 spiro atoms. The average Bonchev–Trinajstić information content (AvgIpc) is 2.31. The molecule has 0 rings (SSSR count). The predicted octanol–water partition coefficient (Wildman–Crippen LogP) is 2.50. The van der Waals surface area contributed by atoms with Crippen LogP contribution in [0.4, 0.5) is 0 Å². The molecule has 0 fully saturated rings. The van der Waals surface area contributed by atoms with Crippen LogP contribution in [-0.4, -0.2) is 12.3 Å². The molecule has 16 heavy (non-hydrogen) atoms. The summed E-state index contributed by atoms with van der Waals surface area (Å²) in [6, 6.07) is 0. The van der Waals surface area contributed by atoms with Gasteiger partial charge < -0.3 is 9.63 Å². The first-order valence-corrected chi connectivity index (χ1v) is 6.14. The van der Waals surface area contributed by atoms with E-state index < -0.39 is 0 Å². The molecule has 0 heterocycles. The quantitative estimate of drug-likeness (QED) is 0.336. The maximum atomic E-state index is 10.7. The lowest BCUT2D eigenvalue weighted by Gasteiger charge is -2.01. The van der Waals surface area contributed by atoms with Crippen LogP contribution in [0.2, 0.25) is 0 Å². The van der Waals surface area contributed by atoms with Crippen molar-refractivity contribution in [3.8, 4) is 0 Å². The molecule has 0 saturated heterocycles. The second kappa shape index (κ2) is 12.2. The molecule has 0 aromatic heterocycles. The van der Waals surface area contributed by atoms with E-state index in [9.17, 15) is 9.59 Å². The number of rotatable bonds is 11. The summed E-state index contributed by atoms with van der Waals surface area (Å²) >= 11 is 0. The molecule has 0 amide bonds. The van der Waals surface area contributed by atoms with Crippen LogP contribution in [-0.2, 0) is 14.4 Å². The second-order valence-corrected chi connectivity index (χ2v) is 4.02. The Morgan fingerprint density at radius 1 is 0.938 bits per heavy atom. The standard InChI is InChI=1S/C12H23NO3/c13-16-12(15)10-8-6-4-2-1-3-5-7-9-11-14/h11H,1-10,13H2. The number of aldehydes is 1. The van der Waals surface area contributed by atoms with Crippen molar-refractivity contribution in [2.24, 2.45) is 5.90 Å². The summed E-state index contributed by atoms with van der Waals surface area (Å²) in [4.78, 5) is 24.8. The molecule has 0 atom stereocenters. The van der Waals surface area contributed by atoms with Crippen LogP contribution >= 0.6 is 0 Å². The molecule has 0 radical (unpaired) electrons. The average molecular weight is 229 g/mol. The van der Waals surface area contributed by atoms with E-state index in [1.54, 1.807) is 0 Å². The summed E-state index contributed by atoms with van der Waals surface area (Å²) in [5.41, 5.74) is 0. The molecule has 2 N–H and O–H groups in total. The van der Waals surface area contributed by atoms with Crippen LogP contribution in [0.15, 0.2) is 0 Å². The van der Waals surface area contributed by atoms with Gasteiger partial charge in [-0.25, -0.2) is 0 Å². The number of nitrogens with two attached hydrogens (primary N) is 1. The van der Waals surface area contributed by atoms with Gasteiger partial charge in [-0.1, -0.05) is 38.5 Å². The molecular weight excluding hydrogens is 206 g/mol. The van der Waals surface area contributed by atoms with Gasteiger partial charge in [-0.3, -0.25) is 4.79 Å². The first kappa shape index (κ1) is 15.1. The first-order chi connectivity index (χ1) is 7.81. The normalized spacial score (nSPS) is 10.1. The van der Waals surface area contributed by atoms with Gasteiger partial charge in [0.15, 0.2) is 0 Å². The summed E-state index contributed by atoms with van der Waals surface area (Å²) in [7, 11) is 0.